The van der Waals surface area contributed by atoms with Crippen molar-refractivity contribution in [2.24, 2.45) is 0 Å². The Morgan fingerprint density at radius 3 is 2.70 bits per heavy atom. The van der Waals surface area contributed by atoms with E-state index in [9.17, 15) is 0 Å². The normalized spacial score (nSPS) is 28.8. The summed E-state index contributed by atoms with van der Waals surface area (Å²) in [5.41, 5.74) is 0. The Bertz CT molecular complexity index is 149. The minimum absolute atomic E-state index is 1.07. The van der Waals surface area contributed by atoms with E-state index >= 15 is 0 Å². The molecule has 0 heteroatoms. The summed E-state index contributed by atoms with van der Waals surface area (Å²) in [7, 11) is 0. The number of allylic oxidation sites excluding steroid dienone is 6. The zero-order valence-electron chi connectivity index (χ0n) is 6.16. The van der Waals surface area contributed by atoms with E-state index in [4.69, 9.17) is 0 Å². The van der Waals surface area contributed by atoms with E-state index in [0.717, 1.165) is 6.42 Å². The topological polar surface area (TPSA) is 0 Å². The second kappa shape index (κ2) is 5.04. The van der Waals surface area contributed by atoms with Crippen LogP contribution in [0.15, 0.2) is 36.5 Å². The van der Waals surface area contributed by atoms with Gasteiger partial charge in [0.2, 0.25) is 0 Å². The Labute approximate surface area is 62.9 Å². The Hall–Kier alpha value is -0.780. The van der Waals surface area contributed by atoms with Gasteiger partial charge in [-0.3, -0.25) is 0 Å². The van der Waals surface area contributed by atoms with Crippen molar-refractivity contribution in [2.75, 3.05) is 0 Å². The molecule has 1 rings (SSSR count). The van der Waals surface area contributed by atoms with Gasteiger partial charge in [0, 0.05) is 0 Å². The highest BCUT2D eigenvalue weighted by Gasteiger charge is 1.81. The molecule has 0 aromatic heterocycles. The molecule has 0 spiro atoms. The van der Waals surface area contributed by atoms with Crippen LogP contribution in [0.2, 0.25) is 0 Å². The standard InChI is InChI=1S/C10H13/c1-2-4-6-8-10-9-7-5-3-1/h1-5,8,10H,6-7,9H2/b3-1-,4-2-,10-8-. The fourth-order valence-corrected chi connectivity index (χ4v) is 0.881. The van der Waals surface area contributed by atoms with Gasteiger partial charge in [0.1, 0.15) is 0 Å². The summed E-state index contributed by atoms with van der Waals surface area (Å²) in [6, 6.07) is 0. The molecule has 0 bridgehead atoms. The van der Waals surface area contributed by atoms with Gasteiger partial charge in [-0.05, 0) is 25.7 Å². The summed E-state index contributed by atoms with van der Waals surface area (Å²) >= 11 is 0. The molecule has 0 saturated carbocycles. The quantitative estimate of drug-likeness (QED) is 0.445. The second-order valence-electron chi connectivity index (χ2n) is 2.33. The van der Waals surface area contributed by atoms with Crippen molar-refractivity contribution in [3.8, 4) is 0 Å². The summed E-state index contributed by atoms with van der Waals surface area (Å²) in [6.07, 6.45) is 18.5. The highest BCUT2D eigenvalue weighted by Crippen LogP contribution is 2.00. The van der Waals surface area contributed by atoms with Crippen molar-refractivity contribution >= 4 is 0 Å². The lowest BCUT2D eigenvalue weighted by atomic mass is 10.2. The zero-order chi connectivity index (χ0) is 7.07. The van der Waals surface area contributed by atoms with Gasteiger partial charge in [-0.25, -0.2) is 0 Å². The third-order valence-corrected chi connectivity index (χ3v) is 1.43. The number of rotatable bonds is 0. The number of hydrogen-bond acceptors (Lipinski definition) is 0. The summed E-state index contributed by atoms with van der Waals surface area (Å²) in [5, 5.41) is 0. The molecule has 0 fully saturated rings. The van der Waals surface area contributed by atoms with Crippen LogP contribution in [-0.2, 0) is 0 Å². The first kappa shape index (κ1) is 7.33. The van der Waals surface area contributed by atoms with E-state index in [0.29, 0.717) is 0 Å². The molecule has 0 unspecified atom stereocenters. The summed E-state index contributed by atoms with van der Waals surface area (Å²) in [6.45, 7) is 0. The predicted molar refractivity (Wildman–Crippen MR) is 45.6 cm³/mol. The first-order valence-corrected chi connectivity index (χ1v) is 3.80. The van der Waals surface area contributed by atoms with Crippen LogP contribution in [0.25, 0.3) is 0 Å². The first-order valence-electron chi connectivity index (χ1n) is 3.80. The molecule has 53 valence electrons. The van der Waals surface area contributed by atoms with Gasteiger partial charge in [0.25, 0.3) is 0 Å². The minimum Gasteiger partial charge on any atom is -0.0882 e. The fraction of sp³-hybridized carbons (Fsp3) is 0.300. The van der Waals surface area contributed by atoms with E-state index in [-0.39, 0.29) is 0 Å². The van der Waals surface area contributed by atoms with Crippen molar-refractivity contribution in [1.82, 2.24) is 0 Å². The predicted octanol–water partition coefficient (Wildman–Crippen LogP) is 3.04. The second-order valence-corrected chi connectivity index (χ2v) is 2.33. The summed E-state index contributed by atoms with van der Waals surface area (Å²) in [4.78, 5) is 0. The maximum absolute atomic E-state index is 2.24. The zero-order valence-corrected chi connectivity index (χ0v) is 6.16. The van der Waals surface area contributed by atoms with Crippen molar-refractivity contribution < 1.29 is 0 Å². The van der Waals surface area contributed by atoms with Gasteiger partial charge in [0.15, 0.2) is 0 Å². The molecule has 1 aliphatic rings. The fourth-order valence-electron chi connectivity index (χ4n) is 0.881. The molecule has 0 aromatic rings. The maximum Gasteiger partial charge on any atom is -0.0164 e. The van der Waals surface area contributed by atoms with Gasteiger partial charge in [-0.1, -0.05) is 36.5 Å². The van der Waals surface area contributed by atoms with Gasteiger partial charge in [-0.2, -0.15) is 0 Å². The molecule has 0 amide bonds. The Morgan fingerprint density at radius 2 is 1.70 bits per heavy atom. The highest BCUT2D eigenvalue weighted by molar-refractivity contribution is 5.10. The van der Waals surface area contributed by atoms with Crippen LogP contribution in [0.3, 0.4) is 0 Å². The van der Waals surface area contributed by atoms with E-state index in [1.807, 2.05) is 0 Å². The van der Waals surface area contributed by atoms with Gasteiger partial charge >= 0.3 is 0 Å². The Kier molecular flexibility index (Phi) is 3.69. The first-order chi connectivity index (χ1) is 5.00. The molecule has 1 radical (unpaired) electrons. The highest BCUT2D eigenvalue weighted by atomic mass is 13.9. The third kappa shape index (κ3) is 3.29. The SMILES string of the molecule is [CH]1/C=C\C=C/C/C=C\CC1. The van der Waals surface area contributed by atoms with Crippen molar-refractivity contribution in [3.63, 3.8) is 0 Å². The van der Waals surface area contributed by atoms with Crippen LogP contribution in [0, 0.1) is 6.42 Å². The van der Waals surface area contributed by atoms with Crippen LogP contribution < -0.4 is 0 Å². The minimum atomic E-state index is 1.07. The van der Waals surface area contributed by atoms with E-state index in [1.165, 1.54) is 12.8 Å². The Balaban J connectivity index is 2.38. The average molecular weight is 133 g/mol. The largest absolute Gasteiger partial charge is 0.0882 e. The third-order valence-electron chi connectivity index (χ3n) is 1.43. The molecule has 0 atom stereocenters. The van der Waals surface area contributed by atoms with Crippen LogP contribution >= 0.6 is 0 Å². The molecule has 0 aliphatic heterocycles. The lowest BCUT2D eigenvalue weighted by molar-refractivity contribution is 0.997. The molecule has 0 N–H and O–H groups in total. The van der Waals surface area contributed by atoms with Crippen LogP contribution in [0.1, 0.15) is 19.3 Å². The molecule has 0 nitrogen and oxygen atoms in total. The monoisotopic (exact) mass is 133 g/mol. The molecule has 0 heterocycles. The lowest BCUT2D eigenvalue weighted by Crippen LogP contribution is -1.71. The molecule has 1 aliphatic carbocycles. The molecule has 10 heavy (non-hydrogen) atoms. The number of hydrogen-bond donors (Lipinski definition) is 0. The molecule has 0 aromatic carbocycles. The van der Waals surface area contributed by atoms with E-state index in [1.54, 1.807) is 0 Å². The van der Waals surface area contributed by atoms with Crippen LogP contribution in [0.4, 0.5) is 0 Å². The Morgan fingerprint density at radius 1 is 0.700 bits per heavy atom. The van der Waals surface area contributed by atoms with Gasteiger partial charge in [-0.15, -0.1) is 0 Å². The lowest BCUT2D eigenvalue weighted by Gasteiger charge is -1.90. The molecule has 0 saturated heterocycles. The van der Waals surface area contributed by atoms with Gasteiger partial charge < -0.3 is 0 Å². The average Bonchev–Trinajstić information content (AvgIpc) is 2.01. The van der Waals surface area contributed by atoms with E-state index in [2.05, 4.69) is 42.9 Å². The van der Waals surface area contributed by atoms with Crippen LogP contribution in [0.5, 0.6) is 0 Å². The summed E-state index contributed by atoms with van der Waals surface area (Å²) in [5.74, 6) is 0. The smallest absolute Gasteiger partial charge is 0.0164 e. The summed E-state index contributed by atoms with van der Waals surface area (Å²) < 4.78 is 0. The van der Waals surface area contributed by atoms with Gasteiger partial charge in [0.05, 0.1) is 0 Å². The van der Waals surface area contributed by atoms with Crippen molar-refractivity contribution in [3.05, 3.63) is 42.9 Å². The molecular weight excluding hydrogens is 120 g/mol. The van der Waals surface area contributed by atoms with Crippen molar-refractivity contribution in [1.29, 1.82) is 0 Å². The molecular formula is C10H13. The maximum atomic E-state index is 2.24. The van der Waals surface area contributed by atoms with E-state index < -0.39 is 0 Å². The van der Waals surface area contributed by atoms with Crippen molar-refractivity contribution in [2.45, 2.75) is 19.3 Å². The van der Waals surface area contributed by atoms with Crippen LogP contribution in [-0.4, -0.2) is 0 Å².